The molecule has 1 aliphatic carbocycles. The summed E-state index contributed by atoms with van der Waals surface area (Å²) >= 11 is 0. The van der Waals surface area contributed by atoms with Crippen LogP contribution in [0.15, 0.2) is 24.0 Å². The summed E-state index contributed by atoms with van der Waals surface area (Å²) in [4.78, 5) is 0. The van der Waals surface area contributed by atoms with E-state index < -0.39 is 11.4 Å². The van der Waals surface area contributed by atoms with E-state index in [1.165, 1.54) is 6.08 Å². The smallest absolute Gasteiger partial charge is 0.222 e. The zero-order chi connectivity index (χ0) is 8.70. The van der Waals surface area contributed by atoms with Crippen LogP contribution in [-0.2, 0) is 0 Å². The van der Waals surface area contributed by atoms with Crippen molar-refractivity contribution in [2.45, 2.75) is 11.4 Å². The molecule has 0 aromatic heterocycles. The number of aliphatic hydroxyl groups is 3. The standard InChI is InChI=1S/C6H10N2O3/c7-5(8)2-1-4(9)3-6(5,10)11/h1-3,9-11H,7-8H2. The minimum absolute atomic E-state index is 0.276. The van der Waals surface area contributed by atoms with E-state index in [9.17, 15) is 0 Å². The van der Waals surface area contributed by atoms with E-state index in [2.05, 4.69) is 0 Å². The Bertz CT molecular complexity index is 230. The van der Waals surface area contributed by atoms with Crippen molar-refractivity contribution in [2.24, 2.45) is 11.5 Å². The van der Waals surface area contributed by atoms with E-state index in [0.717, 1.165) is 12.2 Å². The molecule has 0 unspecified atom stereocenters. The molecule has 5 heteroatoms. The van der Waals surface area contributed by atoms with Crippen LogP contribution < -0.4 is 11.5 Å². The molecule has 62 valence electrons. The van der Waals surface area contributed by atoms with Gasteiger partial charge in [-0.25, -0.2) is 0 Å². The van der Waals surface area contributed by atoms with Gasteiger partial charge in [0.15, 0.2) is 0 Å². The third kappa shape index (κ3) is 1.26. The van der Waals surface area contributed by atoms with Crippen molar-refractivity contribution in [3.63, 3.8) is 0 Å². The summed E-state index contributed by atoms with van der Waals surface area (Å²) in [6.07, 6.45) is 3.08. The summed E-state index contributed by atoms with van der Waals surface area (Å²) in [5.41, 5.74) is 8.76. The van der Waals surface area contributed by atoms with Crippen LogP contribution >= 0.6 is 0 Å². The van der Waals surface area contributed by atoms with Gasteiger partial charge < -0.3 is 26.8 Å². The second-order valence-electron chi connectivity index (χ2n) is 2.56. The first kappa shape index (κ1) is 8.22. The van der Waals surface area contributed by atoms with E-state index in [0.29, 0.717) is 0 Å². The molecule has 0 saturated heterocycles. The molecule has 0 aromatic carbocycles. The quantitative estimate of drug-likeness (QED) is 0.269. The van der Waals surface area contributed by atoms with Gasteiger partial charge in [-0.3, -0.25) is 0 Å². The van der Waals surface area contributed by atoms with Crippen LogP contribution in [0.2, 0.25) is 0 Å². The predicted molar refractivity (Wildman–Crippen MR) is 38.1 cm³/mol. The van der Waals surface area contributed by atoms with E-state index in [4.69, 9.17) is 26.8 Å². The van der Waals surface area contributed by atoms with Gasteiger partial charge in [-0.15, -0.1) is 0 Å². The second kappa shape index (κ2) is 2.05. The highest BCUT2D eigenvalue weighted by Crippen LogP contribution is 2.21. The van der Waals surface area contributed by atoms with Crippen LogP contribution in [0.25, 0.3) is 0 Å². The van der Waals surface area contributed by atoms with E-state index in [-0.39, 0.29) is 5.76 Å². The van der Waals surface area contributed by atoms with Gasteiger partial charge in [0.2, 0.25) is 5.79 Å². The highest BCUT2D eigenvalue weighted by atomic mass is 16.5. The molecule has 0 atom stereocenters. The zero-order valence-corrected chi connectivity index (χ0v) is 5.73. The molecule has 0 heterocycles. The lowest BCUT2D eigenvalue weighted by Gasteiger charge is -2.34. The fraction of sp³-hybridized carbons (Fsp3) is 0.333. The van der Waals surface area contributed by atoms with E-state index >= 15 is 0 Å². The highest BCUT2D eigenvalue weighted by molar-refractivity contribution is 5.29. The fourth-order valence-corrected chi connectivity index (χ4v) is 0.725. The minimum atomic E-state index is -2.40. The topological polar surface area (TPSA) is 113 Å². The van der Waals surface area contributed by atoms with Crippen LogP contribution in [-0.4, -0.2) is 26.8 Å². The summed E-state index contributed by atoms with van der Waals surface area (Å²) in [5, 5.41) is 27.0. The number of hydrogen-bond donors (Lipinski definition) is 5. The normalized spacial score (nSPS) is 26.4. The van der Waals surface area contributed by atoms with E-state index in [1.54, 1.807) is 0 Å². The number of rotatable bonds is 0. The number of nitrogens with two attached hydrogens (primary N) is 2. The second-order valence-corrected chi connectivity index (χ2v) is 2.56. The minimum Gasteiger partial charge on any atom is -0.508 e. The Hall–Kier alpha value is -0.880. The Morgan fingerprint density at radius 2 is 1.82 bits per heavy atom. The lowest BCUT2D eigenvalue weighted by atomic mass is 9.95. The number of hydrogen-bond acceptors (Lipinski definition) is 5. The van der Waals surface area contributed by atoms with Gasteiger partial charge >= 0.3 is 0 Å². The van der Waals surface area contributed by atoms with Crippen LogP contribution in [0, 0.1) is 0 Å². The van der Waals surface area contributed by atoms with Gasteiger partial charge in [0, 0.05) is 6.08 Å². The van der Waals surface area contributed by atoms with Gasteiger partial charge in [0.1, 0.15) is 11.4 Å². The van der Waals surface area contributed by atoms with Crippen LogP contribution in [0.1, 0.15) is 0 Å². The average Bonchev–Trinajstić information content (AvgIpc) is 1.80. The van der Waals surface area contributed by atoms with Crippen LogP contribution in [0.3, 0.4) is 0 Å². The molecule has 1 rings (SSSR count). The monoisotopic (exact) mass is 158 g/mol. The lowest BCUT2D eigenvalue weighted by molar-refractivity contribution is -0.158. The molecule has 0 radical (unpaired) electrons. The Labute approximate surface area is 63.2 Å². The molecule has 0 spiro atoms. The Balaban J connectivity index is 3.04. The summed E-state index contributed by atoms with van der Waals surface area (Å²) in [7, 11) is 0. The molecule has 5 nitrogen and oxygen atoms in total. The Kier molecular flexibility index (Phi) is 1.53. The van der Waals surface area contributed by atoms with Crippen molar-refractivity contribution >= 4 is 0 Å². The van der Waals surface area contributed by atoms with Crippen molar-refractivity contribution in [2.75, 3.05) is 0 Å². The van der Waals surface area contributed by atoms with Crippen molar-refractivity contribution in [1.29, 1.82) is 0 Å². The molecular formula is C6H10N2O3. The average molecular weight is 158 g/mol. The molecule has 0 aromatic rings. The Morgan fingerprint density at radius 3 is 2.18 bits per heavy atom. The third-order valence-corrected chi connectivity index (χ3v) is 1.52. The first-order valence-electron chi connectivity index (χ1n) is 2.99. The molecular weight excluding hydrogens is 148 g/mol. The fourth-order valence-electron chi connectivity index (χ4n) is 0.725. The van der Waals surface area contributed by atoms with Crippen molar-refractivity contribution in [1.82, 2.24) is 0 Å². The maximum Gasteiger partial charge on any atom is 0.222 e. The van der Waals surface area contributed by atoms with Crippen molar-refractivity contribution in [3.05, 3.63) is 24.0 Å². The largest absolute Gasteiger partial charge is 0.508 e. The van der Waals surface area contributed by atoms with Gasteiger partial charge in [0.25, 0.3) is 0 Å². The molecule has 1 aliphatic rings. The molecule has 11 heavy (non-hydrogen) atoms. The SMILES string of the molecule is NC1(N)C=CC(O)=CC1(O)O. The molecule has 0 fully saturated rings. The van der Waals surface area contributed by atoms with Gasteiger partial charge in [-0.2, -0.15) is 0 Å². The predicted octanol–water partition coefficient (Wildman–Crippen LogP) is -1.71. The van der Waals surface area contributed by atoms with Gasteiger partial charge in [-0.1, -0.05) is 0 Å². The summed E-state index contributed by atoms with van der Waals surface area (Å²) < 4.78 is 0. The van der Waals surface area contributed by atoms with E-state index in [1.807, 2.05) is 0 Å². The first-order chi connectivity index (χ1) is 4.85. The summed E-state index contributed by atoms with van der Waals surface area (Å²) in [5.74, 6) is -2.67. The molecule has 0 aliphatic heterocycles. The van der Waals surface area contributed by atoms with Crippen molar-refractivity contribution in [3.8, 4) is 0 Å². The molecule has 0 bridgehead atoms. The number of allylic oxidation sites excluding steroid dienone is 1. The summed E-state index contributed by atoms with van der Waals surface area (Å²) in [6.45, 7) is 0. The maximum atomic E-state index is 9.09. The van der Waals surface area contributed by atoms with Crippen LogP contribution in [0.5, 0.6) is 0 Å². The maximum absolute atomic E-state index is 9.09. The number of aliphatic hydroxyl groups excluding tert-OH is 1. The first-order valence-corrected chi connectivity index (χ1v) is 2.99. The Morgan fingerprint density at radius 1 is 1.27 bits per heavy atom. The zero-order valence-electron chi connectivity index (χ0n) is 5.73. The lowest BCUT2D eigenvalue weighted by Crippen LogP contribution is -2.65. The molecule has 0 amide bonds. The van der Waals surface area contributed by atoms with Crippen molar-refractivity contribution < 1.29 is 15.3 Å². The summed E-state index contributed by atoms with van der Waals surface area (Å²) in [6, 6.07) is 0. The highest BCUT2D eigenvalue weighted by Gasteiger charge is 2.42. The molecule has 0 saturated carbocycles. The third-order valence-electron chi connectivity index (χ3n) is 1.52. The van der Waals surface area contributed by atoms with Gasteiger partial charge in [0.05, 0.1) is 0 Å². The molecule has 7 N–H and O–H groups in total. The van der Waals surface area contributed by atoms with Crippen LogP contribution in [0.4, 0.5) is 0 Å². The van der Waals surface area contributed by atoms with Gasteiger partial charge in [-0.05, 0) is 12.2 Å².